The minimum Gasteiger partial charge on any atom is -0.319 e. The summed E-state index contributed by atoms with van der Waals surface area (Å²) < 4.78 is 0. The minimum atomic E-state index is -1.31. The van der Waals surface area contributed by atoms with Gasteiger partial charge in [0.15, 0.2) is 0 Å². The van der Waals surface area contributed by atoms with Crippen LogP contribution in [0.1, 0.15) is 25.0 Å². The summed E-state index contributed by atoms with van der Waals surface area (Å²) in [6, 6.07) is 13.0. The lowest BCUT2D eigenvalue weighted by atomic mass is 9.91. The number of carbonyl (C=O) groups excluding carboxylic acids is 3. The number of halogens is 1. The number of anilines is 1. The van der Waals surface area contributed by atoms with E-state index in [0.29, 0.717) is 17.1 Å². The average Bonchev–Trinajstić information content (AvgIpc) is 3.20. The fourth-order valence-electron chi connectivity index (χ4n) is 3.96. The second-order valence-electron chi connectivity index (χ2n) is 7.25. The number of rotatable bonds is 3. The predicted octanol–water partition coefficient (Wildman–Crippen LogP) is 3.08. The summed E-state index contributed by atoms with van der Waals surface area (Å²) in [4.78, 5) is 41.7. The molecule has 2 aliphatic rings. The summed E-state index contributed by atoms with van der Waals surface area (Å²) in [5.41, 5.74) is 1.11. The molecule has 2 aromatic carbocycles. The fraction of sp³-hybridized carbons (Fsp3) is 0.286. The lowest BCUT2D eigenvalue weighted by Crippen LogP contribution is -2.50. The first-order valence-corrected chi connectivity index (χ1v) is 9.52. The van der Waals surface area contributed by atoms with Crippen LogP contribution in [0.4, 0.5) is 10.5 Å². The van der Waals surface area contributed by atoms with Crippen molar-refractivity contribution in [3.05, 3.63) is 64.7 Å². The molecule has 0 saturated carbocycles. The standard InChI is InChI=1S/C21H20ClN3O3/c1-13(18(26)24-12-11-14-7-3-6-10-17(14)24)25-19(27)21(2,23-20(25)28)15-8-4-5-9-16(15)22/h3-10,13H,11-12H2,1-2H3,(H,23,28)/t13-,21-/m1/s1. The van der Waals surface area contributed by atoms with Gasteiger partial charge in [0, 0.05) is 22.8 Å². The molecular formula is C21H20ClN3O3. The van der Waals surface area contributed by atoms with Crippen LogP contribution in [0, 0.1) is 0 Å². The number of benzene rings is 2. The van der Waals surface area contributed by atoms with Crippen LogP contribution in [0.5, 0.6) is 0 Å². The Hall–Kier alpha value is -2.86. The third-order valence-electron chi connectivity index (χ3n) is 5.53. The van der Waals surface area contributed by atoms with Crippen LogP contribution in [0.2, 0.25) is 5.02 Å². The van der Waals surface area contributed by atoms with Crippen molar-refractivity contribution in [2.24, 2.45) is 0 Å². The Morgan fingerprint density at radius 3 is 2.57 bits per heavy atom. The van der Waals surface area contributed by atoms with Crippen LogP contribution in [0.3, 0.4) is 0 Å². The largest absolute Gasteiger partial charge is 0.326 e. The molecule has 0 aromatic heterocycles. The second kappa shape index (κ2) is 6.63. The molecule has 144 valence electrons. The maximum atomic E-state index is 13.2. The summed E-state index contributed by atoms with van der Waals surface area (Å²) in [5.74, 6) is -0.768. The predicted molar refractivity (Wildman–Crippen MR) is 106 cm³/mol. The highest BCUT2D eigenvalue weighted by Gasteiger charge is 2.53. The van der Waals surface area contributed by atoms with E-state index in [2.05, 4.69) is 5.32 Å². The van der Waals surface area contributed by atoms with E-state index in [9.17, 15) is 14.4 Å². The molecule has 0 aliphatic carbocycles. The molecule has 0 bridgehead atoms. The average molecular weight is 398 g/mol. The van der Waals surface area contributed by atoms with Crippen molar-refractivity contribution in [3.8, 4) is 0 Å². The highest BCUT2D eigenvalue weighted by molar-refractivity contribution is 6.32. The van der Waals surface area contributed by atoms with Gasteiger partial charge in [0.05, 0.1) is 0 Å². The lowest BCUT2D eigenvalue weighted by molar-refractivity contribution is -0.136. The Morgan fingerprint density at radius 2 is 1.82 bits per heavy atom. The Morgan fingerprint density at radius 1 is 1.14 bits per heavy atom. The zero-order chi connectivity index (χ0) is 20.1. The van der Waals surface area contributed by atoms with E-state index in [4.69, 9.17) is 11.6 Å². The molecule has 0 unspecified atom stereocenters. The summed E-state index contributed by atoms with van der Waals surface area (Å²) in [7, 11) is 0. The Bertz CT molecular complexity index is 992. The number of amides is 4. The van der Waals surface area contributed by atoms with Crippen LogP contribution in [0.25, 0.3) is 0 Å². The molecule has 2 aromatic rings. The van der Waals surface area contributed by atoms with Crippen LogP contribution in [-0.4, -0.2) is 35.3 Å². The summed E-state index contributed by atoms with van der Waals surface area (Å²) in [6.07, 6.45) is 0.756. The lowest BCUT2D eigenvalue weighted by Gasteiger charge is -2.28. The van der Waals surface area contributed by atoms with E-state index < -0.39 is 23.5 Å². The zero-order valence-corrected chi connectivity index (χ0v) is 16.4. The zero-order valence-electron chi connectivity index (χ0n) is 15.6. The third kappa shape index (κ3) is 2.67. The number of nitrogens with zero attached hydrogens (tertiary/aromatic N) is 2. The molecule has 0 spiro atoms. The Labute approximate surface area is 168 Å². The van der Waals surface area contributed by atoms with E-state index in [1.807, 2.05) is 24.3 Å². The molecule has 6 nitrogen and oxygen atoms in total. The normalized spacial score (nSPS) is 22.2. The van der Waals surface area contributed by atoms with Crippen molar-refractivity contribution >= 4 is 35.1 Å². The molecule has 7 heteroatoms. The summed E-state index contributed by atoms with van der Waals surface area (Å²) >= 11 is 6.26. The first kappa shape index (κ1) is 18.5. The molecule has 4 rings (SSSR count). The quantitative estimate of drug-likeness (QED) is 0.809. The van der Waals surface area contributed by atoms with E-state index in [1.54, 1.807) is 43.0 Å². The van der Waals surface area contributed by atoms with Gasteiger partial charge in [0.2, 0.25) is 5.91 Å². The van der Waals surface area contributed by atoms with Crippen molar-refractivity contribution in [2.75, 3.05) is 11.4 Å². The van der Waals surface area contributed by atoms with Crippen LogP contribution < -0.4 is 10.2 Å². The third-order valence-corrected chi connectivity index (χ3v) is 5.86. The smallest absolute Gasteiger partial charge is 0.319 e. The number of fused-ring (bicyclic) bond motifs is 1. The van der Waals surface area contributed by atoms with Crippen LogP contribution in [0.15, 0.2) is 48.5 Å². The van der Waals surface area contributed by atoms with Gasteiger partial charge in [-0.25, -0.2) is 9.69 Å². The van der Waals surface area contributed by atoms with Crippen molar-refractivity contribution in [1.82, 2.24) is 10.2 Å². The molecule has 4 amide bonds. The summed E-state index contributed by atoms with van der Waals surface area (Å²) in [6.45, 7) is 3.73. The van der Waals surface area contributed by atoms with Gasteiger partial charge < -0.3 is 10.2 Å². The molecule has 1 saturated heterocycles. The Balaban J connectivity index is 1.63. The number of hydrogen-bond acceptors (Lipinski definition) is 3. The van der Waals surface area contributed by atoms with Gasteiger partial charge in [-0.3, -0.25) is 9.59 Å². The molecule has 0 radical (unpaired) electrons. The minimum absolute atomic E-state index is 0.281. The van der Waals surface area contributed by atoms with Gasteiger partial charge >= 0.3 is 6.03 Å². The number of para-hydroxylation sites is 1. The first-order valence-electron chi connectivity index (χ1n) is 9.14. The van der Waals surface area contributed by atoms with E-state index >= 15 is 0 Å². The second-order valence-corrected chi connectivity index (χ2v) is 7.66. The van der Waals surface area contributed by atoms with Crippen molar-refractivity contribution in [2.45, 2.75) is 31.8 Å². The van der Waals surface area contributed by atoms with Gasteiger partial charge in [-0.15, -0.1) is 0 Å². The number of imide groups is 1. The fourth-order valence-corrected chi connectivity index (χ4v) is 4.29. The van der Waals surface area contributed by atoms with Crippen molar-refractivity contribution in [3.63, 3.8) is 0 Å². The highest BCUT2D eigenvalue weighted by Crippen LogP contribution is 2.35. The van der Waals surface area contributed by atoms with Gasteiger partial charge in [-0.1, -0.05) is 48.0 Å². The van der Waals surface area contributed by atoms with Gasteiger partial charge in [0.25, 0.3) is 5.91 Å². The molecule has 1 N–H and O–H groups in total. The van der Waals surface area contributed by atoms with Crippen molar-refractivity contribution in [1.29, 1.82) is 0 Å². The van der Waals surface area contributed by atoms with E-state index in [0.717, 1.165) is 22.6 Å². The monoisotopic (exact) mass is 397 g/mol. The van der Waals surface area contributed by atoms with Crippen LogP contribution >= 0.6 is 11.6 Å². The van der Waals surface area contributed by atoms with Gasteiger partial charge in [-0.2, -0.15) is 0 Å². The molecular weight excluding hydrogens is 378 g/mol. The SMILES string of the molecule is C[C@H](C(=O)N1CCc2ccccc21)N1C(=O)N[C@](C)(c2ccccc2Cl)C1=O. The van der Waals surface area contributed by atoms with E-state index in [-0.39, 0.29) is 5.91 Å². The highest BCUT2D eigenvalue weighted by atomic mass is 35.5. The number of nitrogens with one attached hydrogen (secondary N) is 1. The summed E-state index contributed by atoms with van der Waals surface area (Å²) in [5, 5.41) is 3.10. The Kier molecular flexibility index (Phi) is 4.38. The number of hydrogen-bond donors (Lipinski definition) is 1. The molecule has 2 heterocycles. The molecule has 1 fully saturated rings. The molecule has 2 atom stereocenters. The van der Waals surface area contributed by atoms with Gasteiger partial charge in [-0.05, 0) is 38.0 Å². The topological polar surface area (TPSA) is 69.7 Å². The maximum Gasteiger partial charge on any atom is 0.326 e. The van der Waals surface area contributed by atoms with Crippen molar-refractivity contribution < 1.29 is 14.4 Å². The van der Waals surface area contributed by atoms with Gasteiger partial charge in [0.1, 0.15) is 11.6 Å². The van der Waals surface area contributed by atoms with E-state index in [1.165, 1.54) is 0 Å². The maximum absolute atomic E-state index is 13.2. The molecule has 28 heavy (non-hydrogen) atoms. The number of carbonyl (C=O) groups is 3. The first-order chi connectivity index (χ1) is 13.3. The van der Waals surface area contributed by atoms with Crippen LogP contribution in [-0.2, 0) is 21.5 Å². The molecule has 2 aliphatic heterocycles. The number of urea groups is 1.